The molecule has 7 nitrogen and oxygen atoms in total. The van der Waals surface area contributed by atoms with E-state index in [1.165, 1.54) is 5.56 Å². The third kappa shape index (κ3) is 4.38. The van der Waals surface area contributed by atoms with Gasteiger partial charge < -0.3 is 9.88 Å². The molecule has 1 aliphatic heterocycles. The number of aryl methyl sites for hydroxylation is 1. The summed E-state index contributed by atoms with van der Waals surface area (Å²) < 4.78 is 0. The van der Waals surface area contributed by atoms with Gasteiger partial charge in [0.05, 0.1) is 11.8 Å². The maximum Gasteiger partial charge on any atom is 0.273 e. The Morgan fingerprint density at radius 2 is 1.88 bits per heavy atom. The van der Waals surface area contributed by atoms with Crippen LogP contribution in [0.2, 0.25) is 0 Å². The Hall–Kier alpha value is -3.58. The standard InChI is InChI=1S/C25H28N6O/c1-4-31(5-2)14-11-19-17(3)28-21(23(19)18-9-7-6-8-10-18)15-20-24(29-30-25(20)32)22-16-26-12-13-27-22/h6-10,12-13,15-16,28H,4-5,11,14H2,1-3H3,(H,30,32)/b20-15+. The number of benzene rings is 1. The highest BCUT2D eigenvalue weighted by atomic mass is 16.2. The second-order valence-corrected chi connectivity index (χ2v) is 7.71. The van der Waals surface area contributed by atoms with E-state index >= 15 is 0 Å². The SMILES string of the molecule is CCN(CC)CCc1c(C)[nH]c(/C=C2/C(=O)NN=C2c2cnccn2)c1-c1ccccc1. The summed E-state index contributed by atoms with van der Waals surface area (Å²) in [6.07, 6.45) is 7.61. The summed E-state index contributed by atoms with van der Waals surface area (Å²) in [4.78, 5) is 27.0. The largest absolute Gasteiger partial charge is 0.358 e. The Balaban J connectivity index is 1.79. The van der Waals surface area contributed by atoms with Crippen LogP contribution in [0.25, 0.3) is 17.2 Å². The first-order valence-corrected chi connectivity index (χ1v) is 11.0. The minimum absolute atomic E-state index is 0.249. The molecule has 1 aliphatic rings. The van der Waals surface area contributed by atoms with E-state index in [1.807, 2.05) is 24.3 Å². The number of hydrogen-bond donors (Lipinski definition) is 2. The van der Waals surface area contributed by atoms with Crippen molar-refractivity contribution in [2.24, 2.45) is 5.10 Å². The normalized spacial score (nSPS) is 14.8. The Kier molecular flexibility index (Phi) is 6.56. The molecule has 2 aromatic heterocycles. The van der Waals surface area contributed by atoms with Crippen LogP contribution in [0, 0.1) is 6.92 Å². The van der Waals surface area contributed by atoms with Crippen molar-refractivity contribution in [2.75, 3.05) is 19.6 Å². The fraction of sp³-hybridized carbons (Fsp3) is 0.280. The summed E-state index contributed by atoms with van der Waals surface area (Å²) in [6.45, 7) is 9.50. The molecule has 0 spiro atoms. The molecule has 0 saturated carbocycles. The molecule has 0 bridgehead atoms. The highest BCUT2D eigenvalue weighted by molar-refractivity contribution is 6.32. The van der Waals surface area contributed by atoms with Crippen LogP contribution < -0.4 is 5.43 Å². The molecule has 32 heavy (non-hydrogen) atoms. The number of rotatable bonds is 8. The summed E-state index contributed by atoms with van der Waals surface area (Å²) >= 11 is 0. The van der Waals surface area contributed by atoms with Crippen molar-refractivity contribution < 1.29 is 4.79 Å². The van der Waals surface area contributed by atoms with E-state index in [4.69, 9.17) is 0 Å². The molecular formula is C25H28N6O. The van der Waals surface area contributed by atoms with Crippen molar-refractivity contribution in [3.63, 3.8) is 0 Å². The molecule has 2 N–H and O–H groups in total. The summed E-state index contributed by atoms with van der Waals surface area (Å²) in [7, 11) is 0. The van der Waals surface area contributed by atoms with Gasteiger partial charge in [-0.25, -0.2) is 5.43 Å². The molecule has 164 valence electrons. The molecule has 0 radical (unpaired) electrons. The van der Waals surface area contributed by atoms with Gasteiger partial charge in [-0.3, -0.25) is 14.8 Å². The monoisotopic (exact) mass is 428 g/mol. The zero-order valence-electron chi connectivity index (χ0n) is 18.7. The lowest BCUT2D eigenvalue weighted by molar-refractivity contribution is -0.116. The lowest BCUT2D eigenvalue weighted by Gasteiger charge is -2.18. The van der Waals surface area contributed by atoms with Gasteiger partial charge in [0, 0.05) is 35.9 Å². The smallest absolute Gasteiger partial charge is 0.273 e. The molecule has 0 fully saturated rings. The van der Waals surface area contributed by atoms with Crippen LogP contribution in [-0.2, 0) is 11.2 Å². The lowest BCUT2D eigenvalue weighted by Crippen LogP contribution is -2.25. The van der Waals surface area contributed by atoms with Crippen molar-refractivity contribution in [3.8, 4) is 11.1 Å². The van der Waals surface area contributed by atoms with E-state index in [0.29, 0.717) is 17.0 Å². The van der Waals surface area contributed by atoms with E-state index in [0.717, 1.165) is 48.6 Å². The number of hydrazone groups is 1. The quantitative estimate of drug-likeness (QED) is 0.537. The topological polar surface area (TPSA) is 86.3 Å². The van der Waals surface area contributed by atoms with Crippen LogP contribution in [0.4, 0.5) is 0 Å². The second-order valence-electron chi connectivity index (χ2n) is 7.71. The molecule has 3 heterocycles. The summed E-state index contributed by atoms with van der Waals surface area (Å²) in [5, 5.41) is 4.20. The predicted molar refractivity (Wildman–Crippen MR) is 127 cm³/mol. The number of hydrogen-bond acceptors (Lipinski definition) is 5. The minimum atomic E-state index is -0.249. The van der Waals surface area contributed by atoms with Gasteiger partial charge in [-0.2, -0.15) is 5.10 Å². The van der Waals surface area contributed by atoms with Crippen LogP contribution >= 0.6 is 0 Å². The van der Waals surface area contributed by atoms with Gasteiger partial charge in [0.1, 0.15) is 11.4 Å². The van der Waals surface area contributed by atoms with Gasteiger partial charge >= 0.3 is 0 Å². The first-order chi connectivity index (χ1) is 15.6. The van der Waals surface area contributed by atoms with Crippen molar-refractivity contribution >= 4 is 17.7 Å². The highest BCUT2D eigenvalue weighted by Crippen LogP contribution is 2.33. The van der Waals surface area contributed by atoms with Crippen LogP contribution in [0.5, 0.6) is 0 Å². The number of likely N-dealkylation sites (N-methyl/N-ethyl adjacent to an activating group) is 1. The summed E-state index contributed by atoms with van der Waals surface area (Å²) in [5.74, 6) is -0.249. The molecule has 3 aromatic rings. The summed E-state index contributed by atoms with van der Waals surface area (Å²) in [5.41, 5.74) is 9.62. The van der Waals surface area contributed by atoms with Crippen molar-refractivity contribution in [1.82, 2.24) is 25.3 Å². The van der Waals surface area contributed by atoms with Gasteiger partial charge in [0.2, 0.25) is 0 Å². The van der Waals surface area contributed by atoms with Gasteiger partial charge in [-0.15, -0.1) is 0 Å². The van der Waals surface area contributed by atoms with Gasteiger partial charge in [-0.1, -0.05) is 44.2 Å². The lowest BCUT2D eigenvalue weighted by atomic mass is 9.96. The van der Waals surface area contributed by atoms with Crippen LogP contribution in [-0.4, -0.2) is 51.1 Å². The molecule has 1 amide bonds. The molecule has 0 aliphatic carbocycles. The molecule has 4 rings (SSSR count). The van der Waals surface area contributed by atoms with Crippen LogP contribution in [0.15, 0.2) is 59.6 Å². The second kappa shape index (κ2) is 9.70. The Morgan fingerprint density at radius 1 is 1.09 bits per heavy atom. The number of aromatic nitrogens is 3. The van der Waals surface area contributed by atoms with Gasteiger partial charge in [-0.05, 0) is 43.6 Å². The fourth-order valence-corrected chi connectivity index (χ4v) is 4.08. The Labute approximate surface area is 188 Å². The fourth-order valence-electron chi connectivity index (χ4n) is 4.08. The number of H-pyrrole nitrogens is 1. The van der Waals surface area contributed by atoms with Crippen LogP contribution in [0.3, 0.4) is 0 Å². The number of amides is 1. The van der Waals surface area contributed by atoms with Crippen molar-refractivity contribution in [3.05, 3.63) is 77.1 Å². The zero-order chi connectivity index (χ0) is 22.5. The Morgan fingerprint density at radius 3 is 2.56 bits per heavy atom. The van der Waals surface area contributed by atoms with E-state index in [2.05, 4.69) is 63.3 Å². The third-order valence-electron chi connectivity index (χ3n) is 5.84. The number of nitrogens with one attached hydrogen (secondary N) is 2. The van der Waals surface area contributed by atoms with Crippen molar-refractivity contribution in [1.29, 1.82) is 0 Å². The van der Waals surface area contributed by atoms with E-state index in [-0.39, 0.29) is 5.91 Å². The maximum atomic E-state index is 12.6. The van der Waals surface area contributed by atoms with Crippen molar-refractivity contribution in [2.45, 2.75) is 27.2 Å². The predicted octanol–water partition coefficient (Wildman–Crippen LogP) is 3.58. The molecule has 0 atom stereocenters. The molecule has 1 aromatic carbocycles. The Bertz CT molecular complexity index is 1140. The number of carbonyl (C=O) groups excluding carboxylic acids is 1. The first kappa shape index (κ1) is 21.6. The van der Waals surface area contributed by atoms with E-state index in [9.17, 15) is 4.79 Å². The van der Waals surface area contributed by atoms with Gasteiger partial charge in [0.25, 0.3) is 5.91 Å². The molecular weight excluding hydrogens is 400 g/mol. The average molecular weight is 429 g/mol. The number of nitrogens with zero attached hydrogens (tertiary/aromatic N) is 4. The number of carbonyl (C=O) groups is 1. The maximum absolute atomic E-state index is 12.6. The first-order valence-electron chi connectivity index (χ1n) is 11.0. The van der Waals surface area contributed by atoms with Crippen LogP contribution in [0.1, 0.15) is 36.5 Å². The molecule has 0 saturated heterocycles. The highest BCUT2D eigenvalue weighted by Gasteiger charge is 2.26. The number of aromatic amines is 1. The average Bonchev–Trinajstić information content (AvgIpc) is 3.35. The zero-order valence-corrected chi connectivity index (χ0v) is 18.7. The molecule has 7 heteroatoms. The summed E-state index contributed by atoms with van der Waals surface area (Å²) in [6, 6.07) is 10.3. The van der Waals surface area contributed by atoms with E-state index < -0.39 is 0 Å². The molecule has 0 unspecified atom stereocenters. The minimum Gasteiger partial charge on any atom is -0.358 e. The van der Waals surface area contributed by atoms with Gasteiger partial charge in [0.15, 0.2) is 0 Å². The third-order valence-corrected chi connectivity index (χ3v) is 5.84. The van der Waals surface area contributed by atoms with E-state index in [1.54, 1.807) is 18.6 Å².